The molecule has 0 aliphatic carbocycles. The maximum absolute atomic E-state index is 7.79. The third kappa shape index (κ3) is 8.44. The molecule has 0 amide bonds. The SMILES string of the molecule is CC(C)c1ccc([NH-])cc1.Cc1ccc([NH-])c(SNc2ccc(Cl)cc2)c1.[Y]. The molecule has 3 aromatic rings. The minimum absolute atomic E-state index is 0. The van der Waals surface area contributed by atoms with E-state index in [1.165, 1.54) is 17.5 Å². The summed E-state index contributed by atoms with van der Waals surface area (Å²) in [6.45, 7) is 6.32. The Morgan fingerprint density at radius 1 is 0.893 bits per heavy atom. The molecule has 3 nitrogen and oxygen atoms in total. The van der Waals surface area contributed by atoms with Crippen molar-refractivity contribution in [1.82, 2.24) is 0 Å². The first-order valence-corrected chi connectivity index (χ1v) is 9.87. The fourth-order valence-electron chi connectivity index (χ4n) is 2.21. The maximum Gasteiger partial charge on any atom is 0.0444 e. The summed E-state index contributed by atoms with van der Waals surface area (Å²) in [4.78, 5) is 0.917. The topological polar surface area (TPSA) is 59.6 Å². The number of rotatable bonds is 4. The Hall–Kier alpha value is -1.20. The van der Waals surface area contributed by atoms with Crippen molar-refractivity contribution in [3.05, 3.63) is 94.3 Å². The number of nitrogens with one attached hydrogen (secondary N) is 3. The molecule has 0 aliphatic heterocycles. The van der Waals surface area contributed by atoms with Crippen LogP contribution in [0.3, 0.4) is 0 Å². The second-order valence-corrected chi connectivity index (χ2v) is 7.77. The average molecular weight is 487 g/mol. The van der Waals surface area contributed by atoms with Crippen LogP contribution < -0.4 is 4.72 Å². The van der Waals surface area contributed by atoms with Crippen molar-refractivity contribution < 1.29 is 32.7 Å². The van der Waals surface area contributed by atoms with Gasteiger partial charge in [0, 0.05) is 48.3 Å². The van der Waals surface area contributed by atoms with Crippen LogP contribution in [0.1, 0.15) is 30.9 Å². The second-order valence-electron chi connectivity index (χ2n) is 6.49. The van der Waals surface area contributed by atoms with Crippen LogP contribution in [0, 0.1) is 6.92 Å². The number of hydrogen-bond donors (Lipinski definition) is 1. The van der Waals surface area contributed by atoms with Crippen LogP contribution >= 0.6 is 23.5 Å². The van der Waals surface area contributed by atoms with E-state index in [0.717, 1.165) is 21.2 Å². The average Bonchev–Trinajstić information content (AvgIpc) is 2.65. The van der Waals surface area contributed by atoms with Crippen molar-refractivity contribution >= 4 is 40.6 Å². The largest absolute Gasteiger partial charge is 0.699 e. The quantitative estimate of drug-likeness (QED) is 0.374. The molecule has 6 heteroatoms. The van der Waals surface area contributed by atoms with Gasteiger partial charge in [0.2, 0.25) is 0 Å². The summed E-state index contributed by atoms with van der Waals surface area (Å²) in [5.74, 6) is 0.570. The number of benzene rings is 3. The zero-order chi connectivity index (χ0) is 19.8. The molecule has 3 rings (SSSR count). The van der Waals surface area contributed by atoms with Gasteiger partial charge in [-0.05, 0) is 60.7 Å². The van der Waals surface area contributed by atoms with Crippen LogP contribution in [0.25, 0.3) is 11.5 Å². The molecule has 0 fully saturated rings. The monoisotopic (exact) mass is 486 g/mol. The minimum Gasteiger partial charge on any atom is -0.699 e. The van der Waals surface area contributed by atoms with E-state index in [0.29, 0.717) is 17.3 Å². The Labute approximate surface area is 202 Å². The van der Waals surface area contributed by atoms with Crippen molar-refractivity contribution in [2.45, 2.75) is 31.6 Å². The van der Waals surface area contributed by atoms with E-state index in [2.05, 4.69) is 18.6 Å². The Kier molecular flexibility index (Phi) is 11.0. The normalized spacial score (nSPS) is 9.89. The first-order valence-electron chi connectivity index (χ1n) is 8.67. The predicted octanol–water partition coefficient (Wildman–Crippen LogP) is 8.94. The van der Waals surface area contributed by atoms with Gasteiger partial charge in [-0.2, -0.15) is 0 Å². The molecule has 0 saturated carbocycles. The molecule has 3 N–H and O–H groups in total. The van der Waals surface area contributed by atoms with Gasteiger partial charge in [0.25, 0.3) is 0 Å². The van der Waals surface area contributed by atoms with E-state index in [-0.39, 0.29) is 32.7 Å². The molecule has 145 valence electrons. The Bertz CT molecular complexity index is 853. The molecule has 28 heavy (non-hydrogen) atoms. The van der Waals surface area contributed by atoms with Gasteiger partial charge in [0.1, 0.15) is 0 Å². The zero-order valence-electron chi connectivity index (χ0n) is 16.3. The Morgan fingerprint density at radius 3 is 2.07 bits per heavy atom. The van der Waals surface area contributed by atoms with Crippen molar-refractivity contribution in [3.8, 4) is 0 Å². The molecule has 0 saturated heterocycles. The number of aryl methyl sites for hydroxylation is 1. The van der Waals surface area contributed by atoms with E-state index in [1.807, 2.05) is 67.6 Å². The van der Waals surface area contributed by atoms with E-state index in [1.54, 1.807) is 6.07 Å². The van der Waals surface area contributed by atoms with Gasteiger partial charge in [-0.1, -0.05) is 67.4 Å². The second kappa shape index (κ2) is 12.4. The van der Waals surface area contributed by atoms with Gasteiger partial charge in [-0.15, -0.1) is 11.4 Å². The number of anilines is 1. The van der Waals surface area contributed by atoms with Crippen LogP contribution in [0.15, 0.2) is 71.6 Å². The van der Waals surface area contributed by atoms with Gasteiger partial charge in [0.05, 0.1) is 0 Å². The van der Waals surface area contributed by atoms with Gasteiger partial charge in [-0.25, -0.2) is 0 Å². The molecule has 0 heterocycles. The molecule has 0 aromatic heterocycles. The molecule has 0 spiro atoms. The van der Waals surface area contributed by atoms with E-state index in [9.17, 15) is 0 Å². The van der Waals surface area contributed by atoms with Gasteiger partial charge >= 0.3 is 0 Å². The van der Waals surface area contributed by atoms with Crippen LogP contribution in [-0.4, -0.2) is 0 Å². The molecule has 0 atom stereocenters. The minimum atomic E-state index is 0. The van der Waals surface area contributed by atoms with Crippen LogP contribution in [0.5, 0.6) is 0 Å². The van der Waals surface area contributed by atoms with Crippen LogP contribution in [0.2, 0.25) is 5.02 Å². The Balaban J connectivity index is 0.000000307. The van der Waals surface area contributed by atoms with Crippen molar-refractivity contribution in [2.75, 3.05) is 4.72 Å². The van der Waals surface area contributed by atoms with Gasteiger partial charge in [-0.3, -0.25) is 0 Å². The smallest absolute Gasteiger partial charge is 0.0444 e. The molecular weight excluding hydrogens is 463 g/mol. The summed E-state index contributed by atoms with van der Waals surface area (Å²) in [5.41, 5.74) is 19.6. The van der Waals surface area contributed by atoms with Crippen LogP contribution in [-0.2, 0) is 32.7 Å². The molecule has 0 aliphatic rings. The first kappa shape index (κ1) is 24.8. The number of halogens is 1. The van der Waals surface area contributed by atoms with E-state index in [4.69, 9.17) is 23.1 Å². The Morgan fingerprint density at radius 2 is 1.50 bits per heavy atom. The third-order valence-corrected chi connectivity index (χ3v) is 4.98. The summed E-state index contributed by atoms with van der Waals surface area (Å²) in [5, 5.41) is 0.720. The fraction of sp³-hybridized carbons (Fsp3) is 0.182. The van der Waals surface area contributed by atoms with Gasteiger partial charge < -0.3 is 16.2 Å². The van der Waals surface area contributed by atoms with Crippen molar-refractivity contribution in [1.29, 1.82) is 0 Å². The summed E-state index contributed by atoms with van der Waals surface area (Å²) >= 11 is 7.25. The van der Waals surface area contributed by atoms with E-state index < -0.39 is 0 Å². The fourth-order valence-corrected chi connectivity index (χ4v) is 3.13. The standard InChI is InChI=1S/C13H12ClN2S.C9H12N.Y/c1-9-2-7-12(15)13(8-9)17-16-11-5-3-10(14)4-6-11;1-7(2)8-3-5-9(10)6-4-8;/h2-8,15-16H,1H3;3-7,10H,1-2H3;/q2*-1;. The summed E-state index contributed by atoms with van der Waals surface area (Å²) in [6.07, 6.45) is 0. The maximum atomic E-state index is 7.79. The zero-order valence-corrected chi connectivity index (χ0v) is 20.7. The van der Waals surface area contributed by atoms with Crippen LogP contribution in [0.4, 0.5) is 17.1 Å². The van der Waals surface area contributed by atoms with Crippen molar-refractivity contribution in [2.24, 2.45) is 0 Å². The molecule has 0 unspecified atom stereocenters. The summed E-state index contributed by atoms with van der Waals surface area (Å²) < 4.78 is 3.19. The van der Waals surface area contributed by atoms with E-state index >= 15 is 0 Å². The summed E-state index contributed by atoms with van der Waals surface area (Å²) in [7, 11) is 0. The number of hydrogen-bond acceptors (Lipinski definition) is 2. The molecule has 3 aromatic carbocycles. The molecular formula is C22H24ClN3SY-2. The third-order valence-electron chi connectivity index (χ3n) is 3.84. The first-order chi connectivity index (χ1) is 12.8. The van der Waals surface area contributed by atoms with Gasteiger partial charge in [0.15, 0.2) is 0 Å². The molecule has 0 bridgehead atoms. The molecule has 1 radical (unpaired) electrons. The predicted molar refractivity (Wildman–Crippen MR) is 121 cm³/mol. The van der Waals surface area contributed by atoms with Crippen molar-refractivity contribution in [3.63, 3.8) is 0 Å². The summed E-state index contributed by atoms with van der Waals surface area (Å²) in [6, 6.07) is 20.9.